The van der Waals surface area contributed by atoms with Crippen molar-refractivity contribution in [3.8, 4) is 0 Å². The summed E-state index contributed by atoms with van der Waals surface area (Å²) < 4.78 is 0. The van der Waals surface area contributed by atoms with Gasteiger partial charge in [-0.2, -0.15) is 11.8 Å². The first-order chi connectivity index (χ1) is 7.33. The molecule has 15 heavy (non-hydrogen) atoms. The number of unbranched alkanes of at least 4 members (excludes halogenated alkanes) is 3. The van der Waals surface area contributed by atoms with E-state index in [0.29, 0.717) is 0 Å². The highest BCUT2D eigenvalue weighted by molar-refractivity contribution is 7.98. The van der Waals surface area contributed by atoms with Crippen LogP contribution in [0.3, 0.4) is 0 Å². The van der Waals surface area contributed by atoms with Crippen molar-refractivity contribution in [1.82, 2.24) is 0 Å². The summed E-state index contributed by atoms with van der Waals surface area (Å²) in [6.07, 6.45) is 5.51. The molecular weight excluding hydrogens is 200 g/mol. The third-order valence-corrected chi connectivity index (χ3v) is 3.65. The Hall–Kier alpha value is -0.430. The van der Waals surface area contributed by atoms with E-state index < -0.39 is 0 Å². The van der Waals surface area contributed by atoms with Crippen molar-refractivity contribution in [2.24, 2.45) is 0 Å². The number of thioether (sulfide) groups is 1. The van der Waals surface area contributed by atoms with Crippen LogP contribution >= 0.6 is 11.8 Å². The standard InChI is InChI=1S/C14H22S/c1-3-4-5-6-11-15-12-14-9-7-13(2)8-10-14/h7-10H,3-6,11-12H2,1-2H3. The van der Waals surface area contributed by atoms with E-state index >= 15 is 0 Å². The molecule has 1 aromatic carbocycles. The minimum Gasteiger partial charge on any atom is -0.157 e. The summed E-state index contributed by atoms with van der Waals surface area (Å²) >= 11 is 2.06. The largest absolute Gasteiger partial charge is 0.157 e. The molecule has 0 aliphatic carbocycles. The third-order valence-electron chi connectivity index (χ3n) is 2.53. The lowest BCUT2D eigenvalue weighted by molar-refractivity contribution is 0.706. The molecule has 0 unspecified atom stereocenters. The highest BCUT2D eigenvalue weighted by Crippen LogP contribution is 2.15. The van der Waals surface area contributed by atoms with Crippen molar-refractivity contribution in [3.63, 3.8) is 0 Å². The summed E-state index contributed by atoms with van der Waals surface area (Å²) in [7, 11) is 0. The molecular formula is C14H22S. The Kier molecular flexibility index (Phi) is 6.58. The smallest absolute Gasteiger partial charge is 0.0184 e. The summed E-state index contributed by atoms with van der Waals surface area (Å²) in [5.41, 5.74) is 2.81. The second-order valence-electron chi connectivity index (χ2n) is 4.10. The lowest BCUT2D eigenvalue weighted by atomic mass is 10.2. The monoisotopic (exact) mass is 222 g/mol. The van der Waals surface area contributed by atoms with Crippen LogP contribution in [0.25, 0.3) is 0 Å². The molecule has 0 bridgehead atoms. The van der Waals surface area contributed by atoms with Crippen LogP contribution in [0.4, 0.5) is 0 Å². The molecule has 1 heteroatoms. The van der Waals surface area contributed by atoms with Crippen molar-refractivity contribution in [2.45, 2.75) is 45.3 Å². The van der Waals surface area contributed by atoms with Gasteiger partial charge in [-0.25, -0.2) is 0 Å². The maximum absolute atomic E-state index is 2.26. The molecule has 0 aliphatic heterocycles. The predicted molar refractivity (Wildman–Crippen MR) is 71.5 cm³/mol. The van der Waals surface area contributed by atoms with Gasteiger partial charge < -0.3 is 0 Å². The van der Waals surface area contributed by atoms with Gasteiger partial charge in [0.05, 0.1) is 0 Å². The molecule has 1 rings (SSSR count). The van der Waals surface area contributed by atoms with Gasteiger partial charge in [-0.3, -0.25) is 0 Å². The second-order valence-corrected chi connectivity index (χ2v) is 5.20. The summed E-state index contributed by atoms with van der Waals surface area (Å²) in [6, 6.07) is 8.89. The molecule has 0 saturated carbocycles. The average molecular weight is 222 g/mol. The van der Waals surface area contributed by atoms with Crippen LogP contribution in [0, 0.1) is 6.92 Å². The van der Waals surface area contributed by atoms with Gasteiger partial charge in [0.15, 0.2) is 0 Å². The molecule has 0 nitrogen and oxygen atoms in total. The van der Waals surface area contributed by atoms with Gasteiger partial charge in [-0.15, -0.1) is 0 Å². The summed E-state index contributed by atoms with van der Waals surface area (Å²) in [5, 5.41) is 0. The van der Waals surface area contributed by atoms with Crippen LogP contribution in [0.1, 0.15) is 43.7 Å². The zero-order valence-electron chi connectivity index (χ0n) is 9.96. The van der Waals surface area contributed by atoms with Gasteiger partial charge in [-0.05, 0) is 24.7 Å². The van der Waals surface area contributed by atoms with E-state index in [9.17, 15) is 0 Å². The van der Waals surface area contributed by atoms with Crippen LogP contribution < -0.4 is 0 Å². The topological polar surface area (TPSA) is 0 Å². The fourth-order valence-electron chi connectivity index (χ4n) is 1.51. The Balaban J connectivity index is 2.07. The number of rotatable bonds is 7. The molecule has 0 saturated heterocycles. The Morgan fingerprint density at radius 2 is 1.73 bits per heavy atom. The lowest BCUT2D eigenvalue weighted by Crippen LogP contribution is -1.84. The van der Waals surface area contributed by atoms with Gasteiger partial charge in [0.25, 0.3) is 0 Å². The fourth-order valence-corrected chi connectivity index (χ4v) is 2.49. The van der Waals surface area contributed by atoms with Gasteiger partial charge in [0.1, 0.15) is 0 Å². The fraction of sp³-hybridized carbons (Fsp3) is 0.571. The van der Waals surface area contributed by atoms with Crippen LogP contribution in [-0.4, -0.2) is 5.75 Å². The second kappa shape index (κ2) is 7.81. The zero-order chi connectivity index (χ0) is 10.9. The van der Waals surface area contributed by atoms with E-state index in [0.717, 1.165) is 0 Å². The van der Waals surface area contributed by atoms with Crippen molar-refractivity contribution in [3.05, 3.63) is 35.4 Å². The summed E-state index contributed by atoms with van der Waals surface area (Å²) in [4.78, 5) is 0. The molecule has 0 heterocycles. The highest BCUT2D eigenvalue weighted by atomic mass is 32.2. The minimum atomic E-state index is 1.17. The van der Waals surface area contributed by atoms with Crippen LogP contribution in [-0.2, 0) is 5.75 Å². The number of aryl methyl sites for hydroxylation is 1. The molecule has 0 radical (unpaired) electrons. The van der Waals surface area contributed by atoms with Crippen LogP contribution in [0.2, 0.25) is 0 Å². The van der Waals surface area contributed by atoms with Crippen molar-refractivity contribution in [2.75, 3.05) is 5.75 Å². The molecule has 0 fully saturated rings. The van der Waals surface area contributed by atoms with E-state index in [2.05, 4.69) is 49.9 Å². The Morgan fingerprint density at radius 3 is 2.40 bits per heavy atom. The first kappa shape index (κ1) is 12.6. The predicted octanol–water partition coefficient (Wildman–Crippen LogP) is 4.81. The molecule has 0 spiro atoms. The first-order valence-electron chi connectivity index (χ1n) is 5.96. The van der Waals surface area contributed by atoms with Gasteiger partial charge in [0, 0.05) is 5.75 Å². The Labute approximate surface area is 98.5 Å². The quantitative estimate of drug-likeness (QED) is 0.597. The van der Waals surface area contributed by atoms with Gasteiger partial charge >= 0.3 is 0 Å². The third kappa shape index (κ3) is 5.88. The van der Waals surface area contributed by atoms with E-state index in [1.54, 1.807) is 0 Å². The Morgan fingerprint density at radius 1 is 1.00 bits per heavy atom. The SMILES string of the molecule is CCCCCCSCc1ccc(C)cc1. The average Bonchev–Trinajstić information content (AvgIpc) is 2.26. The van der Waals surface area contributed by atoms with Crippen LogP contribution in [0.15, 0.2) is 24.3 Å². The molecule has 84 valence electrons. The first-order valence-corrected chi connectivity index (χ1v) is 7.11. The molecule has 0 aromatic heterocycles. The van der Waals surface area contributed by atoms with E-state index in [-0.39, 0.29) is 0 Å². The number of benzene rings is 1. The molecule has 1 aromatic rings. The van der Waals surface area contributed by atoms with E-state index in [1.807, 2.05) is 0 Å². The number of hydrogen-bond donors (Lipinski definition) is 0. The van der Waals surface area contributed by atoms with Gasteiger partial charge in [0.2, 0.25) is 0 Å². The number of hydrogen-bond acceptors (Lipinski definition) is 1. The summed E-state index contributed by atoms with van der Waals surface area (Å²) in [6.45, 7) is 4.40. The maximum Gasteiger partial charge on any atom is 0.0184 e. The zero-order valence-corrected chi connectivity index (χ0v) is 10.8. The summed E-state index contributed by atoms with van der Waals surface area (Å²) in [5.74, 6) is 2.49. The Bertz CT molecular complexity index is 251. The highest BCUT2D eigenvalue weighted by Gasteiger charge is 1.93. The van der Waals surface area contributed by atoms with Crippen LogP contribution in [0.5, 0.6) is 0 Å². The lowest BCUT2D eigenvalue weighted by Gasteiger charge is -2.02. The van der Waals surface area contributed by atoms with Crippen molar-refractivity contribution >= 4 is 11.8 Å². The molecule has 0 aliphatic rings. The van der Waals surface area contributed by atoms with E-state index in [4.69, 9.17) is 0 Å². The maximum atomic E-state index is 2.26. The van der Waals surface area contributed by atoms with Gasteiger partial charge in [-0.1, -0.05) is 56.0 Å². The van der Waals surface area contributed by atoms with E-state index in [1.165, 1.54) is 48.3 Å². The van der Waals surface area contributed by atoms with Crippen molar-refractivity contribution < 1.29 is 0 Å². The molecule has 0 N–H and O–H groups in total. The minimum absolute atomic E-state index is 1.17. The normalized spacial score (nSPS) is 10.5. The molecule has 0 atom stereocenters. The van der Waals surface area contributed by atoms with Crippen molar-refractivity contribution in [1.29, 1.82) is 0 Å². The molecule has 0 amide bonds.